The van der Waals surface area contributed by atoms with E-state index in [4.69, 9.17) is 5.73 Å². The Bertz CT molecular complexity index is 125. The van der Waals surface area contributed by atoms with Crippen molar-refractivity contribution in [2.45, 2.75) is 20.3 Å². The average molecular weight is 179 g/mol. The second kappa shape index (κ2) is 4.13. The summed E-state index contributed by atoms with van der Waals surface area (Å²) in [5, 5.41) is 0. The maximum atomic E-state index is 10.7. The number of rotatable bonds is 4. The third-order valence-electron chi connectivity index (χ3n) is 1.49. The van der Waals surface area contributed by atoms with Gasteiger partial charge < -0.3 is 5.73 Å². The number of hydrogen-bond donors (Lipinski definition) is 2. The number of hydrogen-bond acceptors (Lipinski definition) is 3. The molecule has 0 aliphatic rings. The van der Waals surface area contributed by atoms with Crippen molar-refractivity contribution in [3.05, 3.63) is 0 Å². The monoisotopic (exact) mass is 179 g/mol. The number of carbonyl (C=O) groups excluding carboxylic acids is 1. The summed E-state index contributed by atoms with van der Waals surface area (Å²) in [6.45, 7) is 3.69. The van der Waals surface area contributed by atoms with Gasteiger partial charge in [-0.15, -0.1) is 11.7 Å². The van der Waals surface area contributed by atoms with Crippen molar-refractivity contribution in [2.75, 3.05) is 5.75 Å². The summed E-state index contributed by atoms with van der Waals surface area (Å²) >= 11 is 3.97. The van der Waals surface area contributed by atoms with Crippen molar-refractivity contribution in [3.8, 4) is 0 Å². The van der Waals surface area contributed by atoms with Crippen LogP contribution in [0, 0.1) is 5.41 Å². The number of primary amides is 1. The van der Waals surface area contributed by atoms with Gasteiger partial charge in [-0.1, -0.05) is 24.6 Å². The van der Waals surface area contributed by atoms with E-state index in [-0.39, 0.29) is 11.3 Å². The molecule has 2 N–H and O–H groups in total. The van der Waals surface area contributed by atoms with E-state index in [2.05, 4.69) is 11.7 Å². The van der Waals surface area contributed by atoms with E-state index >= 15 is 0 Å². The SMILES string of the molecule is CC(C)(CCSS)C(N)=O. The summed E-state index contributed by atoms with van der Waals surface area (Å²) < 4.78 is 0. The van der Waals surface area contributed by atoms with Gasteiger partial charge in [0.25, 0.3) is 0 Å². The van der Waals surface area contributed by atoms with Crippen LogP contribution in [0.2, 0.25) is 0 Å². The summed E-state index contributed by atoms with van der Waals surface area (Å²) in [5.41, 5.74) is 4.76. The molecule has 0 heterocycles. The van der Waals surface area contributed by atoms with E-state index in [9.17, 15) is 4.79 Å². The molecule has 4 heteroatoms. The smallest absolute Gasteiger partial charge is 0.223 e. The van der Waals surface area contributed by atoms with Crippen LogP contribution in [-0.4, -0.2) is 11.7 Å². The second-order valence-corrected chi connectivity index (χ2v) is 4.27. The Morgan fingerprint density at radius 3 is 2.50 bits per heavy atom. The van der Waals surface area contributed by atoms with E-state index in [0.717, 1.165) is 12.2 Å². The molecule has 0 saturated heterocycles. The molecule has 0 rings (SSSR count). The Morgan fingerprint density at radius 1 is 1.70 bits per heavy atom. The number of amides is 1. The minimum atomic E-state index is -0.379. The normalized spacial score (nSPS) is 11.5. The number of nitrogens with two attached hydrogens (primary N) is 1. The summed E-state index contributed by atoms with van der Waals surface area (Å²) in [5.74, 6) is 0.619. The van der Waals surface area contributed by atoms with Crippen molar-refractivity contribution < 1.29 is 4.79 Å². The van der Waals surface area contributed by atoms with Gasteiger partial charge in [0.1, 0.15) is 0 Å². The van der Waals surface area contributed by atoms with Gasteiger partial charge in [0, 0.05) is 11.2 Å². The first kappa shape index (κ1) is 10.2. The van der Waals surface area contributed by atoms with Gasteiger partial charge in [-0.2, -0.15) is 0 Å². The molecule has 10 heavy (non-hydrogen) atoms. The highest BCUT2D eigenvalue weighted by Gasteiger charge is 2.23. The maximum Gasteiger partial charge on any atom is 0.223 e. The molecule has 0 aliphatic heterocycles. The molecule has 0 radical (unpaired) electrons. The van der Waals surface area contributed by atoms with Gasteiger partial charge in [0.05, 0.1) is 0 Å². The molecule has 2 nitrogen and oxygen atoms in total. The van der Waals surface area contributed by atoms with E-state index in [1.165, 1.54) is 10.8 Å². The molecule has 0 aromatic carbocycles. The van der Waals surface area contributed by atoms with Gasteiger partial charge >= 0.3 is 0 Å². The lowest BCUT2D eigenvalue weighted by molar-refractivity contribution is -0.126. The van der Waals surface area contributed by atoms with Crippen LogP contribution in [0.15, 0.2) is 0 Å². The zero-order valence-electron chi connectivity index (χ0n) is 6.26. The lowest BCUT2D eigenvalue weighted by atomic mass is 9.90. The molecule has 0 atom stereocenters. The van der Waals surface area contributed by atoms with Crippen molar-refractivity contribution in [1.29, 1.82) is 0 Å². The van der Waals surface area contributed by atoms with Crippen LogP contribution in [-0.2, 0) is 4.79 Å². The number of carbonyl (C=O) groups is 1. The zero-order valence-corrected chi connectivity index (χ0v) is 7.97. The van der Waals surface area contributed by atoms with Gasteiger partial charge in [0.15, 0.2) is 0 Å². The van der Waals surface area contributed by atoms with Crippen molar-refractivity contribution in [2.24, 2.45) is 11.1 Å². The largest absolute Gasteiger partial charge is 0.369 e. The Kier molecular flexibility index (Phi) is 4.20. The minimum absolute atomic E-state index is 0.241. The quantitative estimate of drug-likeness (QED) is 0.507. The van der Waals surface area contributed by atoms with Crippen molar-refractivity contribution >= 4 is 28.4 Å². The predicted molar refractivity (Wildman–Crippen MR) is 49.0 cm³/mol. The molecule has 0 aromatic heterocycles. The summed E-state index contributed by atoms with van der Waals surface area (Å²) in [4.78, 5) is 10.7. The van der Waals surface area contributed by atoms with E-state index in [1.807, 2.05) is 13.8 Å². The third-order valence-corrected chi connectivity index (χ3v) is 2.42. The Hall–Kier alpha value is 0.170. The van der Waals surface area contributed by atoms with Crippen LogP contribution in [0.1, 0.15) is 20.3 Å². The van der Waals surface area contributed by atoms with E-state index in [0.29, 0.717) is 0 Å². The molecular weight excluding hydrogens is 166 g/mol. The lowest BCUT2D eigenvalue weighted by Gasteiger charge is -2.18. The van der Waals surface area contributed by atoms with Crippen LogP contribution in [0.5, 0.6) is 0 Å². The molecular formula is C6H13NOS2. The molecule has 0 aromatic rings. The highest BCUT2D eigenvalue weighted by molar-refractivity contribution is 8.68. The molecule has 0 aliphatic carbocycles. The first-order valence-electron chi connectivity index (χ1n) is 3.07. The molecule has 0 saturated carbocycles. The van der Waals surface area contributed by atoms with Crippen LogP contribution >= 0.6 is 22.5 Å². The highest BCUT2D eigenvalue weighted by atomic mass is 33.1. The maximum absolute atomic E-state index is 10.7. The standard InChI is InChI=1S/C6H13NOS2/c1-6(2,5(7)8)3-4-10-9/h9H,3-4H2,1-2H3,(H2,7,8). The Balaban J connectivity index is 3.75. The van der Waals surface area contributed by atoms with Crippen LogP contribution in [0.3, 0.4) is 0 Å². The fourth-order valence-corrected chi connectivity index (χ4v) is 1.30. The first-order chi connectivity index (χ1) is 4.50. The van der Waals surface area contributed by atoms with Gasteiger partial charge in [0.2, 0.25) is 5.91 Å². The first-order valence-corrected chi connectivity index (χ1v) is 5.11. The van der Waals surface area contributed by atoms with Crippen LogP contribution in [0.4, 0.5) is 0 Å². The molecule has 0 unspecified atom stereocenters. The summed E-state index contributed by atoms with van der Waals surface area (Å²) in [7, 11) is 1.43. The van der Waals surface area contributed by atoms with Crippen molar-refractivity contribution in [3.63, 3.8) is 0 Å². The van der Waals surface area contributed by atoms with Crippen LogP contribution in [0.25, 0.3) is 0 Å². The lowest BCUT2D eigenvalue weighted by Crippen LogP contribution is -2.31. The van der Waals surface area contributed by atoms with E-state index < -0.39 is 0 Å². The van der Waals surface area contributed by atoms with Gasteiger partial charge in [-0.25, -0.2) is 0 Å². The molecule has 0 fully saturated rings. The average Bonchev–Trinajstić information content (AvgIpc) is 1.84. The number of thiol groups is 1. The summed E-state index contributed by atoms with van der Waals surface area (Å²) in [6.07, 6.45) is 0.788. The fourth-order valence-electron chi connectivity index (χ4n) is 0.424. The third kappa shape index (κ3) is 3.37. The second-order valence-electron chi connectivity index (χ2n) is 2.83. The van der Waals surface area contributed by atoms with E-state index in [1.54, 1.807) is 0 Å². The molecule has 60 valence electrons. The Labute approximate surface area is 70.7 Å². The van der Waals surface area contributed by atoms with Crippen molar-refractivity contribution in [1.82, 2.24) is 0 Å². The Morgan fingerprint density at radius 2 is 2.20 bits per heavy atom. The zero-order chi connectivity index (χ0) is 8.20. The molecule has 1 amide bonds. The fraction of sp³-hybridized carbons (Fsp3) is 0.833. The minimum Gasteiger partial charge on any atom is -0.369 e. The van der Waals surface area contributed by atoms with Gasteiger partial charge in [-0.05, 0) is 6.42 Å². The highest BCUT2D eigenvalue weighted by Crippen LogP contribution is 2.22. The summed E-state index contributed by atoms with van der Waals surface area (Å²) in [6, 6.07) is 0. The van der Waals surface area contributed by atoms with Gasteiger partial charge in [-0.3, -0.25) is 4.79 Å². The predicted octanol–water partition coefficient (Wildman–Crippen LogP) is 1.47. The van der Waals surface area contributed by atoms with Crippen LogP contribution < -0.4 is 5.73 Å². The topological polar surface area (TPSA) is 43.1 Å². The molecule has 0 spiro atoms. The molecule has 0 bridgehead atoms.